The maximum atomic E-state index is 12.1. The van der Waals surface area contributed by atoms with E-state index in [9.17, 15) is 9.59 Å². The van der Waals surface area contributed by atoms with Gasteiger partial charge in [0.1, 0.15) is 0 Å². The van der Waals surface area contributed by atoms with Gasteiger partial charge < -0.3 is 4.74 Å². The number of hydrogen-bond acceptors (Lipinski definition) is 5. The fourth-order valence-electron chi connectivity index (χ4n) is 1.95. The average molecular weight is 340 g/mol. The molecule has 1 aromatic rings. The van der Waals surface area contributed by atoms with Crippen LogP contribution in [0.1, 0.15) is 26.3 Å². The van der Waals surface area contributed by atoms with Gasteiger partial charge in [-0.15, -0.1) is 5.11 Å². The van der Waals surface area contributed by atoms with Gasteiger partial charge in [0.15, 0.2) is 0 Å². The number of carbonyl (C=O) groups excluding carboxylic acids is 2. The minimum atomic E-state index is -0.758. The number of halogens is 1. The number of hydrogen-bond donors (Lipinski definition) is 0. The first-order valence-corrected chi connectivity index (χ1v) is 7.53. The molecule has 7 nitrogen and oxygen atoms in total. The molecule has 0 N–H and O–H groups in total. The summed E-state index contributed by atoms with van der Waals surface area (Å²) in [6, 6.07) is 4.92. The van der Waals surface area contributed by atoms with Crippen molar-refractivity contribution in [1.29, 1.82) is 0 Å². The van der Waals surface area contributed by atoms with Crippen LogP contribution in [-0.4, -0.2) is 30.3 Å². The molecule has 1 heterocycles. The summed E-state index contributed by atoms with van der Waals surface area (Å²) >= 11 is 6.19. The zero-order valence-corrected chi connectivity index (χ0v) is 14.0. The van der Waals surface area contributed by atoms with E-state index < -0.39 is 11.5 Å². The van der Waals surface area contributed by atoms with Gasteiger partial charge in [0.05, 0.1) is 30.9 Å². The fraction of sp³-hybridized carbons (Fsp3) is 0.467. The van der Waals surface area contributed by atoms with Crippen LogP contribution >= 0.6 is 11.6 Å². The Morgan fingerprint density at radius 2 is 2.22 bits per heavy atom. The lowest BCUT2D eigenvalue weighted by molar-refractivity contribution is -0.165. The van der Waals surface area contributed by atoms with Crippen LogP contribution in [-0.2, 0) is 20.9 Å². The standard InChI is InChI=1S/C15H18ClN3O4/c1-4-22-14(21)18-17-11-6-5-10(12(16)7-11)8-19-13(20)15(2,3)9-23-19/h5-7H,4,8-9H2,1-3H3. The van der Waals surface area contributed by atoms with Crippen molar-refractivity contribution in [1.82, 2.24) is 5.06 Å². The van der Waals surface area contributed by atoms with Crippen LogP contribution in [0.15, 0.2) is 28.4 Å². The highest BCUT2D eigenvalue weighted by atomic mass is 35.5. The van der Waals surface area contributed by atoms with Crippen molar-refractivity contribution in [2.75, 3.05) is 13.2 Å². The van der Waals surface area contributed by atoms with E-state index in [1.165, 1.54) is 5.06 Å². The Morgan fingerprint density at radius 1 is 1.48 bits per heavy atom. The highest BCUT2D eigenvalue weighted by molar-refractivity contribution is 6.31. The smallest absolute Gasteiger partial charge is 0.447 e. The second-order valence-corrected chi connectivity index (χ2v) is 6.08. The van der Waals surface area contributed by atoms with E-state index in [-0.39, 0.29) is 19.1 Å². The van der Waals surface area contributed by atoms with E-state index in [0.717, 1.165) is 0 Å². The molecule has 0 aliphatic carbocycles. The van der Waals surface area contributed by atoms with E-state index in [2.05, 4.69) is 15.0 Å². The van der Waals surface area contributed by atoms with Gasteiger partial charge in [-0.3, -0.25) is 9.63 Å². The van der Waals surface area contributed by atoms with Crippen LogP contribution in [0.25, 0.3) is 0 Å². The van der Waals surface area contributed by atoms with Gasteiger partial charge in [0.25, 0.3) is 5.91 Å². The number of rotatable bonds is 4. The summed E-state index contributed by atoms with van der Waals surface area (Å²) < 4.78 is 4.64. The third-order valence-electron chi connectivity index (χ3n) is 3.25. The molecule has 1 aliphatic rings. The van der Waals surface area contributed by atoms with Crippen LogP contribution in [0.3, 0.4) is 0 Å². The molecule has 1 fully saturated rings. The largest absolute Gasteiger partial charge is 0.452 e. The molecule has 0 atom stereocenters. The number of hydroxylamine groups is 2. The Labute approximate surface area is 139 Å². The second kappa shape index (κ2) is 7.06. The highest BCUT2D eigenvalue weighted by Crippen LogP contribution is 2.30. The summed E-state index contributed by atoms with van der Waals surface area (Å²) in [6.45, 7) is 6.16. The zero-order valence-electron chi connectivity index (χ0n) is 13.2. The first-order chi connectivity index (χ1) is 10.8. The van der Waals surface area contributed by atoms with Gasteiger partial charge in [-0.25, -0.2) is 9.86 Å². The van der Waals surface area contributed by atoms with Crippen molar-refractivity contribution >= 4 is 29.3 Å². The zero-order chi connectivity index (χ0) is 17.0. The summed E-state index contributed by atoms with van der Waals surface area (Å²) in [5, 5.41) is 8.87. The van der Waals surface area contributed by atoms with Gasteiger partial charge in [0, 0.05) is 5.02 Å². The predicted octanol–water partition coefficient (Wildman–Crippen LogP) is 3.88. The van der Waals surface area contributed by atoms with Crippen molar-refractivity contribution in [3.63, 3.8) is 0 Å². The van der Waals surface area contributed by atoms with E-state index in [1.807, 2.05) is 13.8 Å². The van der Waals surface area contributed by atoms with E-state index in [4.69, 9.17) is 16.4 Å². The molecule has 1 saturated heterocycles. The Balaban J connectivity index is 2.06. The van der Waals surface area contributed by atoms with Crippen molar-refractivity contribution in [3.05, 3.63) is 28.8 Å². The molecule has 0 radical (unpaired) electrons. The maximum absolute atomic E-state index is 12.1. The minimum absolute atomic E-state index is 0.0837. The Morgan fingerprint density at radius 3 is 2.78 bits per heavy atom. The molecule has 1 aromatic carbocycles. The SMILES string of the molecule is CCOC(=O)N=Nc1ccc(CN2OCC(C)(C)C2=O)c(Cl)c1. The summed E-state index contributed by atoms with van der Waals surface area (Å²) in [5.41, 5.74) is 0.605. The quantitative estimate of drug-likeness (QED) is 0.779. The molecule has 2 amide bonds. The third kappa shape index (κ3) is 4.27. The molecule has 0 unspecified atom stereocenters. The normalized spacial score (nSPS) is 17.0. The molecular formula is C15H18ClN3O4. The topological polar surface area (TPSA) is 80.6 Å². The molecular weight excluding hydrogens is 322 g/mol. The van der Waals surface area contributed by atoms with Crippen LogP contribution in [0.4, 0.5) is 10.5 Å². The lowest BCUT2D eigenvalue weighted by Gasteiger charge is -2.17. The molecule has 0 saturated carbocycles. The third-order valence-corrected chi connectivity index (χ3v) is 3.60. The number of nitrogens with zero attached hydrogens (tertiary/aromatic N) is 3. The summed E-state index contributed by atoms with van der Waals surface area (Å²) in [6.07, 6.45) is -0.758. The van der Waals surface area contributed by atoms with Crippen LogP contribution in [0.2, 0.25) is 5.02 Å². The molecule has 124 valence electrons. The summed E-state index contributed by atoms with van der Waals surface area (Å²) in [5.74, 6) is -0.0837. The van der Waals surface area contributed by atoms with Crippen molar-refractivity contribution in [2.45, 2.75) is 27.3 Å². The monoisotopic (exact) mass is 339 g/mol. The Hall–Kier alpha value is -1.99. The Kier molecular flexibility index (Phi) is 5.33. The highest BCUT2D eigenvalue weighted by Gasteiger charge is 2.40. The van der Waals surface area contributed by atoms with Crippen molar-refractivity contribution in [2.24, 2.45) is 15.6 Å². The second-order valence-electron chi connectivity index (χ2n) is 5.67. The van der Waals surface area contributed by atoms with Gasteiger partial charge in [-0.05, 0) is 38.5 Å². The van der Waals surface area contributed by atoms with Crippen molar-refractivity contribution in [3.8, 4) is 0 Å². The lowest BCUT2D eigenvalue weighted by Crippen LogP contribution is -2.30. The summed E-state index contributed by atoms with van der Waals surface area (Å²) in [4.78, 5) is 28.6. The molecule has 2 rings (SSSR count). The van der Waals surface area contributed by atoms with Crippen LogP contribution < -0.4 is 0 Å². The number of benzene rings is 1. The molecule has 1 aliphatic heterocycles. The molecule has 0 bridgehead atoms. The maximum Gasteiger partial charge on any atom is 0.452 e. The van der Waals surface area contributed by atoms with E-state index in [1.54, 1.807) is 25.1 Å². The lowest BCUT2D eigenvalue weighted by atomic mass is 9.95. The molecule has 8 heteroatoms. The van der Waals surface area contributed by atoms with E-state index >= 15 is 0 Å². The van der Waals surface area contributed by atoms with Crippen LogP contribution in [0, 0.1) is 5.41 Å². The fourth-order valence-corrected chi connectivity index (χ4v) is 2.18. The Bertz CT molecular complexity index is 646. The number of amides is 2. The molecule has 23 heavy (non-hydrogen) atoms. The van der Waals surface area contributed by atoms with Gasteiger partial charge in [0.2, 0.25) is 0 Å². The number of carbonyl (C=O) groups is 2. The minimum Gasteiger partial charge on any atom is -0.447 e. The molecule has 0 aromatic heterocycles. The van der Waals surface area contributed by atoms with Gasteiger partial charge in [-0.2, -0.15) is 0 Å². The summed E-state index contributed by atoms with van der Waals surface area (Å²) in [7, 11) is 0. The predicted molar refractivity (Wildman–Crippen MR) is 83.3 cm³/mol. The van der Waals surface area contributed by atoms with Crippen molar-refractivity contribution < 1.29 is 19.2 Å². The molecule has 0 spiro atoms. The van der Waals surface area contributed by atoms with E-state index in [0.29, 0.717) is 22.9 Å². The first kappa shape index (κ1) is 17.4. The van der Waals surface area contributed by atoms with Gasteiger partial charge >= 0.3 is 6.09 Å². The average Bonchev–Trinajstić information content (AvgIpc) is 2.75. The van der Waals surface area contributed by atoms with Crippen LogP contribution in [0.5, 0.6) is 0 Å². The van der Waals surface area contributed by atoms with Gasteiger partial charge in [-0.1, -0.05) is 22.8 Å². The number of azo groups is 1. The first-order valence-electron chi connectivity index (χ1n) is 7.15. The number of ether oxygens (including phenoxy) is 1.